The minimum absolute atomic E-state index is 0.407. The van der Waals surface area contributed by atoms with E-state index in [1.807, 2.05) is 12.1 Å². The molecule has 0 unspecified atom stereocenters. The van der Waals surface area contributed by atoms with E-state index in [1.54, 1.807) is 37.4 Å². The van der Waals surface area contributed by atoms with Gasteiger partial charge in [-0.15, -0.1) is 0 Å². The fraction of sp³-hybridized carbons (Fsp3) is 0.125. The Bertz CT molecular complexity index is 705. The second kappa shape index (κ2) is 6.44. The number of amides is 1. The van der Waals surface area contributed by atoms with Gasteiger partial charge in [0.15, 0.2) is 0 Å². The van der Waals surface area contributed by atoms with Crippen molar-refractivity contribution in [2.45, 2.75) is 6.54 Å². The van der Waals surface area contributed by atoms with E-state index in [2.05, 4.69) is 11.4 Å². The summed E-state index contributed by atoms with van der Waals surface area (Å²) in [4.78, 5) is 11.2. The highest BCUT2D eigenvalue weighted by molar-refractivity contribution is 5.94. The van der Waals surface area contributed by atoms with Crippen LogP contribution >= 0.6 is 0 Å². The molecule has 0 aromatic heterocycles. The van der Waals surface area contributed by atoms with Gasteiger partial charge in [-0.2, -0.15) is 5.26 Å². The zero-order chi connectivity index (χ0) is 15.2. The van der Waals surface area contributed by atoms with E-state index < -0.39 is 5.91 Å². The second-order valence-corrected chi connectivity index (χ2v) is 4.45. The Morgan fingerprint density at radius 1 is 1.33 bits per heavy atom. The van der Waals surface area contributed by atoms with E-state index in [9.17, 15) is 4.79 Å². The molecular formula is C16H15N3O2. The summed E-state index contributed by atoms with van der Waals surface area (Å²) in [7, 11) is 1.56. The van der Waals surface area contributed by atoms with Crippen molar-refractivity contribution in [1.29, 1.82) is 5.26 Å². The molecule has 3 N–H and O–H groups in total. The minimum Gasteiger partial charge on any atom is -0.495 e. The first-order valence-electron chi connectivity index (χ1n) is 6.35. The van der Waals surface area contributed by atoms with Crippen LogP contribution in [0.5, 0.6) is 5.75 Å². The molecule has 1 amide bonds. The number of hydrogen-bond donors (Lipinski definition) is 2. The maximum Gasteiger partial charge on any atom is 0.248 e. The SMILES string of the molecule is COc1ccc(C(N)=O)cc1NCc1cccc(C#N)c1. The van der Waals surface area contributed by atoms with Crippen LogP contribution in [0.4, 0.5) is 5.69 Å². The molecule has 0 aliphatic carbocycles. The third-order valence-electron chi connectivity index (χ3n) is 3.02. The average molecular weight is 281 g/mol. The van der Waals surface area contributed by atoms with Crippen LogP contribution in [0, 0.1) is 11.3 Å². The number of primary amides is 1. The first kappa shape index (κ1) is 14.4. The van der Waals surface area contributed by atoms with Crippen molar-refractivity contribution < 1.29 is 9.53 Å². The first-order chi connectivity index (χ1) is 10.1. The first-order valence-corrected chi connectivity index (χ1v) is 6.35. The lowest BCUT2D eigenvalue weighted by Gasteiger charge is -2.12. The van der Waals surface area contributed by atoms with E-state index in [-0.39, 0.29) is 0 Å². The zero-order valence-electron chi connectivity index (χ0n) is 11.6. The van der Waals surface area contributed by atoms with Gasteiger partial charge in [0.05, 0.1) is 24.4 Å². The predicted octanol–water partition coefficient (Wildman–Crippen LogP) is 2.28. The van der Waals surface area contributed by atoms with E-state index in [0.717, 1.165) is 5.56 Å². The number of benzene rings is 2. The molecule has 2 rings (SSSR count). The molecular weight excluding hydrogens is 266 g/mol. The lowest BCUT2D eigenvalue weighted by molar-refractivity contribution is 0.100. The van der Waals surface area contributed by atoms with Gasteiger partial charge in [0.25, 0.3) is 0 Å². The molecule has 0 radical (unpaired) electrons. The number of methoxy groups -OCH3 is 1. The molecule has 0 saturated carbocycles. The summed E-state index contributed by atoms with van der Waals surface area (Å²) in [5, 5.41) is 12.1. The van der Waals surface area contributed by atoms with Crippen molar-refractivity contribution in [3.63, 3.8) is 0 Å². The number of ether oxygens (including phenoxy) is 1. The monoisotopic (exact) mass is 281 g/mol. The van der Waals surface area contributed by atoms with Gasteiger partial charge in [-0.25, -0.2) is 0 Å². The van der Waals surface area contributed by atoms with Gasteiger partial charge in [0, 0.05) is 12.1 Å². The van der Waals surface area contributed by atoms with Gasteiger partial charge in [-0.3, -0.25) is 4.79 Å². The lowest BCUT2D eigenvalue weighted by atomic mass is 10.1. The van der Waals surface area contributed by atoms with Gasteiger partial charge in [-0.1, -0.05) is 12.1 Å². The topological polar surface area (TPSA) is 88.1 Å². The summed E-state index contributed by atoms with van der Waals surface area (Å²) >= 11 is 0. The molecule has 0 bridgehead atoms. The summed E-state index contributed by atoms with van der Waals surface area (Å²) in [5.74, 6) is 0.128. The Morgan fingerprint density at radius 2 is 2.14 bits per heavy atom. The molecule has 0 aliphatic rings. The van der Waals surface area contributed by atoms with E-state index >= 15 is 0 Å². The van der Waals surface area contributed by atoms with Crippen LogP contribution in [0.3, 0.4) is 0 Å². The molecule has 2 aromatic carbocycles. The van der Waals surface area contributed by atoms with Crippen LogP contribution in [0.25, 0.3) is 0 Å². The standard InChI is InChI=1S/C16H15N3O2/c1-21-15-6-5-13(16(18)20)8-14(15)19-10-12-4-2-3-11(7-12)9-17/h2-8,19H,10H2,1H3,(H2,18,20). The van der Waals surface area contributed by atoms with Gasteiger partial charge >= 0.3 is 0 Å². The Hall–Kier alpha value is -3.00. The van der Waals surface area contributed by atoms with Crippen molar-refractivity contribution in [2.75, 3.05) is 12.4 Å². The number of nitrogens with zero attached hydrogens (tertiary/aromatic N) is 1. The maximum absolute atomic E-state index is 11.2. The summed E-state index contributed by atoms with van der Waals surface area (Å²) < 4.78 is 5.25. The molecule has 5 nitrogen and oxygen atoms in total. The highest BCUT2D eigenvalue weighted by Crippen LogP contribution is 2.26. The normalized spacial score (nSPS) is 9.71. The highest BCUT2D eigenvalue weighted by Gasteiger charge is 2.07. The van der Waals surface area contributed by atoms with Gasteiger partial charge < -0.3 is 15.8 Å². The minimum atomic E-state index is -0.493. The van der Waals surface area contributed by atoms with E-state index in [1.165, 1.54) is 0 Å². The van der Waals surface area contributed by atoms with Crippen LogP contribution in [0.2, 0.25) is 0 Å². The highest BCUT2D eigenvalue weighted by atomic mass is 16.5. The van der Waals surface area contributed by atoms with Crippen molar-refractivity contribution in [3.05, 3.63) is 59.2 Å². The molecule has 0 saturated heterocycles. The molecule has 0 fully saturated rings. The Kier molecular flexibility index (Phi) is 4.42. The maximum atomic E-state index is 11.2. The van der Waals surface area contributed by atoms with Crippen LogP contribution in [-0.2, 0) is 6.54 Å². The summed E-state index contributed by atoms with van der Waals surface area (Å²) in [6.45, 7) is 0.508. The number of nitriles is 1. The number of hydrogen-bond acceptors (Lipinski definition) is 4. The number of carbonyl (C=O) groups is 1. The van der Waals surface area contributed by atoms with Crippen LogP contribution in [-0.4, -0.2) is 13.0 Å². The summed E-state index contributed by atoms with van der Waals surface area (Å²) in [5.41, 5.74) is 7.92. The fourth-order valence-corrected chi connectivity index (χ4v) is 1.95. The number of nitrogens with two attached hydrogens (primary N) is 1. The molecule has 2 aromatic rings. The molecule has 106 valence electrons. The quantitative estimate of drug-likeness (QED) is 0.880. The number of rotatable bonds is 5. The molecule has 0 aliphatic heterocycles. The smallest absolute Gasteiger partial charge is 0.248 e. The Balaban J connectivity index is 2.20. The van der Waals surface area contributed by atoms with E-state index in [4.69, 9.17) is 15.7 Å². The molecule has 5 heteroatoms. The molecule has 0 atom stereocenters. The van der Waals surface area contributed by atoms with Gasteiger partial charge in [0.1, 0.15) is 5.75 Å². The molecule has 0 heterocycles. The van der Waals surface area contributed by atoms with Crippen LogP contribution in [0.15, 0.2) is 42.5 Å². The van der Waals surface area contributed by atoms with Gasteiger partial charge in [0.2, 0.25) is 5.91 Å². The van der Waals surface area contributed by atoms with Crippen molar-refractivity contribution in [1.82, 2.24) is 0 Å². The van der Waals surface area contributed by atoms with Crippen LogP contribution in [0.1, 0.15) is 21.5 Å². The third kappa shape index (κ3) is 3.51. The Labute approximate surface area is 123 Å². The number of carbonyl (C=O) groups excluding carboxylic acids is 1. The largest absolute Gasteiger partial charge is 0.495 e. The zero-order valence-corrected chi connectivity index (χ0v) is 11.6. The van der Waals surface area contributed by atoms with Crippen molar-refractivity contribution in [3.8, 4) is 11.8 Å². The Morgan fingerprint density at radius 3 is 2.81 bits per heavy atom. The number of nitrogens with one attached hydrogen (secondary N) is 1. The third-order valence-corrected chi connectivity index (χ3v) is 3.02. The fourth-order valence-electron chi connectivity index (χ4n) is 1.95. The number of anilines is 1. The summed E-state index contributed by atoms with van der Waals surface area (Å²) in [6.07, 6.45) is 0. The molecule has 21 heavy (non-hydrogen) atoms. The van der Waals surface area contributed by atoms with Crippen LogP contribution < -0.4 is 15.8 Å². The van der Waals surface area contributed by atoms with Gasteiger partial charge in [-0.05, 0) is 35.9 Å². The lowest BCUT2D eigenvalue weighted by Crippen LogP contribution is -2.11. The second-order valence-electron chi connectivity index (χ2n) is 4.45. The predicted molar refractivity (Wildman–Crippen MR) is 80.0 cm³/mol. The average Bonchev–Trinajstić information content (AvgIpc) is 2.52. The summed E-state index contributed by atoms with van der Waals surface area (Å²) in [6, 6.07) is 14.3. The molecule has 0 spiro atoms. The van der Waals surface area contributed by atoms with Crippen molar-refractivity contribution in [2.24, 2.45) is 5.73 Å². The van der Waals surface area contributed by atoms with Crippen molar-refractivity contribution >= 4 is 11.6 Å². The van der Waals surface area contributed by atoms with E-state index in [0.29, 0.717) is 29.1 Å².